The van der Waals surface area contributed by atoms with Gasteiger partial charge < -0.3 is 4.74 Å². The van der Waals surface area contributed by atoms with Gasteiger partial charge in [-0.2, -0.15) is 13.2 Å². The molecular weight excluding hydrogens is 368 g/mol. The Balaban J connectivity index is 3.15. The van der Waals surface area contributed by atoms with Crippen molar-refractivity contribution in [2.24, 2.45) is 0 Å². The second kappa shape index (κ2) is 6.33. The van der Waals surface area contributed by atoms with Crippen LogP contribution in [0, 0.1) is 3.57 Å². The third-order valence-corrected chi connectivity index (χ3v) is 3.56. The van der Waals surface area contributed by atoms with Gasteiger partial charge in [0.25, 0.3) is 0 Å². The normalized spacial score (nSPS) is 12.3. The van der Waals surface area contributed by atoms with E-state index in [9.17, 15) is 13.2 Å². The summed E-state index contributed by atoms with van der Waals surface area (Å²) in [7, 11) is 0. The molecule has 0 aliphatic heterocycles. The lowest BCUT2D eigenvalue weighted by atomic mass is 9.95. The third-order valence-electron chi connectivity index (χ3n) is 2.76. The summed E-state index contributed by atoms with van der Waals surface area (Å²) in [5.74, 6) is 0.815. The van der Waals surface area contributed by atoms with E-state index >= 15 is 0 Å². The highest BCUT2D eigenvalue weighted by Crippen LogP contribution is 2.35. The van der Waals surface area contributed by atoms with Gasteiger partial charge in [0.15, 0.2) is 6.61 Å². The van der Waals surface area contributed by atoms with E-state index in [4.69, 9.17) is 4.74 Å². The topological polar surface area (TPSA) is 9.23 Å². The first-order valence-corrected chi connectivity index (χ1v) is 7.22. The Bertz CT molecular complexity index is 439. The average Bonchev–Trinajstić information content (AvgIpc) is 2.24. The maximum absolute atomic E-state index is 12.3. The Hall–Kier alpha value is -0.460. The molecule has 0 atom stereocenters. The van der Waals surface area contributed by atoms with Gasteiger partial charge >= 0.3 is 6.18 Å². The molecule has 1 aromatic rings. The van der Waals surface area contributed by atoms with Gasteiger partial charge in [0.05, 0.1) is 3.57 Å². The molecule has 0 unspecified atom stereocenters. The fourth-order valence-corrected chi connectivity index (χ4v) is 2.53. The Morgan fingerprint density at radius 2 is 1.68 bits per heavy atom. The van der Waals surface area contributed by atoms with Crippen LogP contribution < -0.4 is 4.74 Å². The van der Waals surface area contributed by atoms with Crippen LogP contribution >= 0.6 is 22.6 Å². The largest absolute Gasteiger partial charge is 0.483 e. The predicted molar refractivity (Wildman–Crippen MR) is 78.9 cm³/mol. The molecule has 108 valence electrons. The van der Waals surface area contributed by atoms with Gasteiger partial charge in [0, 0.05) is 0 Å². The zero-order valence-corrected chi connectivity index (χ0v) is 13.6. The van der Waals surface area contributed by atoms with Crippen molar-refractivity contribution < 1.29 is 17.9 Å². The van der Waals surface area contributed by atoms with Crippen LogP contribution in [0.1, 0.15) is 50.7 Å². The van der Waals surface area contributed by atoms with E-state index in [2.05, 4.69) is 13.8 Å². The van der Waals surface area contributed by atoms with Crippen LogP contribution in [0.4, 0.5) is 13.2 Å². The van der Waals surface area contributed by atoms with E-state index in [-0.39, 0.29) is 5.92 Å². The van der Waals surface area contributed by atoms with Crippen LogP contribution in [0.2, 0.25) is 0 Å². The first-order valence-electron chi connectivity index (χ1n) is 6.14. The van der Waals surface area contributed by atoms with E-state index in [1.807, 2.05) is 48.6 Å². The van der Waals surface area contributed by atoms with Gasteiger partial charge in [-0.1, -0.05) is 33.8 Å². The van der Waals surface area contributed by atoms with Crippen molar-refractivity contribution >= 4 is 22.6 Å². The van der Waals surface area contributed by atoms with Gasteiger partial charge in [-0.05, 0) is 51.6 Å². The lowest BCUT2D eigenvalue weighted by Gasteiger charge is -2.19. The van der Waals surface area contributed by atoms with Crippen molar-refractivity contribution in [1.29, 1.82) is 0 Å². The number of ether oxygens (including phenoxy) is 1. The van der Waals surface area contributed by atoms with Crippen LogP contribution in [0.5, 0.6) is 5.75 Å². The summed E-state index contributed by atoms with van der Waals surface area (Å²) in [6, 6.07) is 3.84. The maximum atomic E-state index is 12.3. The SMILES string of the molecule is CC(C)c1cc(I)c(OCC(F)(F)F)c(C(C)C)c1. The third kappa shape index (κ3) is 4.85. The number of hydrogen-bond donors (Lipinski definition) is 0. The minimum absolute atomic E-state index is 0.121. The van der Waals surface area contributed by atoms with E-state index in [1.54, 1.807) is 0 Å². The first kappa shape index (κ1) is 16.6. The van der Waals surface area contributed by atoms with Crippen molar-refractivity contribution in [3.05, 3.63) is 26.8 Å². The molecule has 0 aliphatic carbocycles. The number of halogens is 4. The van der Waals surface area contributed by atoms with Gasteiger partial charge in [0.1, 0.15) is 5.75 Å². The number of alkyl halides is 3. The second-order valence-corrected chi connectivity index (χ2v) is 6.30. The quantitative estimate of drug-likeness (QED) is 0.623. The molecule has 0 aliphatic rings. The van der Waals surface area contributed by atoms with Gasteiger partial charge in [-0.25, -0.2) is 0 Å². The second-order valence-electron chi connectivity index (χ2n) is 5.13. The summed E-state index contributed by atoms with van der Waals surface area (Å²) >= 11 is 2.04. The van der Waals surface area contributed by atoms with Crippen molar-refractivity contribution in [2.75, 3.05) is 6.61 Å². The molecule has 0 saturated carbocycles. The highest BCUT2D eigenvalue weighted by atomic mass is 127. The Morgan fingerprint density at radius 3 is 2.11 bits per heavy atom. The molecule has 0 bridgehead atoms. The molecule has 19 heavy (non-hydrogen) atoms. The monoisotopic (exact) mass is 386 g/mol. The van der Waals surface area contributed by atoms with Crippen molar-refractivity contribution in [1.82, 2.24) is 0 Å². The molecule has 1 nitrogen and oxygen atoms in total. The summed E-state index contributed by atoms with van der Waals surface area (Å²) in [5, 5.41) is 0. The molecule has 0 fully saturated rings. The minimum atomic E-state index is -4.31. The molecule has 0 amide bonds. The molecule has 0 saturated heterocycles. The number of benzene rings is 1. The molecule has 0 aromatic heterocycles. The Labute approximate surface area is 125 Å². The highest BCUT2D eigenvalue weighted by molar-refractivity contribution is 14.1. The lowest BCUT2D eigenvalue weighted by Crippen LogP contribution is -2.20. The zero-order chi connectivity index (χ0) is 14.8. The van der Waals surface area contributed by atoms with Crippen LogP contribution in [0.3, 0.4) is 0 Å². The van der Waals surface area contributed by atoms with Crippen LogP contribution in [-0.4, -0.2) is 12.8 Å². The van der Waals surface area contributed by atoms with Crippen LogP contribution in [-0.2, 0) is 0 Å². The van der Waals surface area contributed by atoms with Crippen molar-refractivity contribution in [3.63, 3.8) is 0 Å². The standard InChI is InChI=1S/C14H18F3IO/c1-8(2)10-5-11(9(3)4)13(12(18)6-10)19-7-14(15,16)17/h5-6,8-9H,7H2,1-4H3. The molecule has 0 heterocycles. The van der Waals surface area contributed by atoms with Gasteiger partial charge in [-0.15, -0.1) is 0 Å². The Morgan fingerprint density at radius 1 is 1.11 bits per heavy atom. The van der Waals surface area contributed by atoms with E-state index < -0.39 is 12.8 Å². The number of hydrogen-bond acceptors (Lipinski definition) is 1. The molecule has 0 spiro atoms. The van der Waals surface area contributed by atoms with E-state index in [1.165, 1.54) is 0 Å². The minimum Gasteiger partial charge on any atom is -0.483 e. The van der Waals surface area contributed by atoms with Crippen molar-refractivity contribution in [3.8, 4) is 5.75 Å². The van der Waals surface area contributed by atoms with Crippen molar-refractivity contribution in [2.45, 2.75) is 45.7 Å². The maximum Gasteiger partial charge on any atom is 0.422 e. The lowest BCUT2D eigenvalue weighted by molar-refractivity contribution is -0.153. The van der Waals surface area contributed by atoms with Gasteiger partial charge in [0.2, 0.25) is 0 Å². The molecule has 0 radical (unpaired) electrons. The summed E-state index contributed by atoms with van der Waals surface area (Å²) in [5.41, 5.74) is 1.95. The summed E-state index contributed by atoms with van der Waals surface area (Å²) in [4.78, 5) is 0. The fraction of sp³-hybridized carbons (Fsp3) is 0.571. The summed E-state index contributed by atoms with van der Waals surface area (Å²) in [6.45, 7) is 6.78. The fourth-order valence-electron chi connectivity index (χ4n) is 1.71. The predicted octanol–water partition coefficient (Wildman–Crippen LogP) is 5.48. The molecule has 1 aromatic carbocycles. The summed E-state index contributed by atoms with van der Waals surface area (Å²) < 4.78 is 42.6. The van der Waals surface area contributed by atoms with Gasteiger partial charge in [-0.3, -0.25) is 0 Å². The number of rotatable bonds is 4. The summed E-state index contributed by atoms with van der Waals surface area (Å²) in [6.07, 6.45) is -4.31. The smallest absolute Gasteiger partial charge is 0.422 e. The van der Waals surface area contributed by atoms with E-state index in [0.29, 0.717) is 11.7 Å². The highest BCUT2D eigenvalue weighted by Gasteiger charge is 2.29. The molecular formula is C14H18F3IO. The first-order chi connectivity index (χ1) is 8.61. The molecule has 0 N–H and O–H groups in total. The average molecular weight is 386 g/mol. The van der Waals surface area contributed by atoms with Crippen LogP contribution in [0.15, 0.2) is 12.1 Å². The zero-order valence-electron chi connectivity index (χ0n) is 11.4. The van der Waals surface area contributed by atoms with Crippen LogP contribution in [0.25, 0.3) is 0 Å². The molecule has 5 heteroatoms. The Kier molecular flexibility index (Phi) is 5.53. The van der Waals surface area contributed by atoms with E-state index in [0.717, 1.165) is 14.7 Å². The molecule has 1 rings (SSSR count).